The normalized spacial score (nSPS) is 20.0. The van der Waals surface area contributed by atoms with Crippen LogP contribution >= 0.6 is 0 Å². The minimum Gasteiger partial charge on any atom is -0.353 e. The van der Waals surface area contributed by atoms with Gasteiger partial charge in [0, 0.05) is 19.1 Å². The third-order valence-electron chi connectivity index (χ3n) is 4.34. The van der Waals surface area contributed by atoms with Crippen LogP contribution in [0.1, 0.15) is 51.9 Å². The zero-order chi connectivity index (χ0) is 15.2. The van der Waals surface area contributed by atoms with E-state index in [0.717, 1.165) is 30.8 Å². The highest BCUT2D eigenvalue weighted by atomic mass is 15.2. The number of rotatable bonds is 6. The van der Waals surface area contributed by atoms with Gasteiger partial charge in [-0.2, -0.15) is 5.10 Å². The molecule has 1 aliphatic rings. The van der Waals surface area contributed by atoms with Gasteiger partial charge in [0.2, 0.25) is 5.95 Å². The molecule has 0 amide bonds. The van der Waals surface area contributed by atoms with E-state index in [1.807, 2.05) is 0 Å². The molecule has 21 heavy (non-hydrogen) atoms. The van der Waals surface area contributed by atoms with Crippen molar-refractivity contribution in [2.24, 2.45) is 5.92 Å². The summed E-state index contributed by atoms with van der Waals surface area (Å²) in [4.78, 5) is 7.16. The molecule has 1 atom stereocenters. The van der Waals surface area contributed by atoms with Crippen LogP contribution in [0, 0.1) is 5.92 Å². The summed E-state index contributed by atoms with van der Waals surface area (Å²) in [5.74, 6) is 1.37. The fourth-order valence-corrected chi connectivity index (χ4v) is 2.98. The van der Waals surface area contributed by atoms with Gasteiger partial charge in [-0.1, -0.05) is 13.8 Å². The largest absolute Gasteiger partial charge is 0.353 e. The maximum absolute atomic E-state index is 4.60. The van der Waals surface area contributed by atoms with Crippen LogP contribution in [0.15, 0.2) is 0 Å². The number of aromatic nitrogens is 3. The summed E-state index contributed by atoms with van der Waals surface area (Å²) in [5.41, 5.74) is 2.09. The van der Waals surface area contributed by atoms with Crippen molar-refractivity contribution < 1.29 is 0 Å². The van der Waals surface area contributed by atoms with Gasteiger partial charge < -0.3 is 10.2 Å². The van der Waals surface area contributed by atoms with Crippen LogP contribution in [0.25, 0.3) is 0 Å². The van der Waals surface area contributed by atoms with E-state index in [0.29, 0.717) is 17.9 Å². The lowest BCUT2D eigenvalue weighted by molar-refractivity contribution is 0.145. The van der Waals surface area contributed by atoms with Gasteiger partial charge >= 0.3 is 0 Å². The van der Waals surface area contributed by atoms with Gasteiger partial charge in [0.25, 0.3) is 0 Å². The Morgan fingerprint density at radius 1 is 1.19 bits per heavy atom. The molecule has 1 fully saturated rings. The summed E-state index contributed by atoms with van der Waals surface area (Å²) >= 11 is 0. The molecule has 1 N–H and O–H groups in total. The molecule has 0 saturated carbocycles. The lowest BCUT2D eigenvalue weighted by Gasteiger charge is -2.35. The highest BCUT2D eigenvalue weighted by molar-refractivity contribution is 5.25. The first kappa shape index (κ1) is 16.1. The summed E-state index contributed by atoms with van der Waals surface area (Å²) in [6, 6.07) is 0.640. The number of piperidine rings is 1. The van der Waals surface area contributed by atoms with E-state index in [1.54, 1.807) is 0 Å². The first-order valence-corrected chi connectivity index (χ1v) is 8.34. The van der Waals surface area contributed by atoms with Crippen molar-refractivity contribution in [1.29, 1.82) is 0 Å². The number of likely N-dealkylation sites (tertiary alicyclic amines) is 1. The second-order valence-electron chi connectivity index (χ2n) is 6.21. The van der Waals surface area contributed by atoms with Gasteiger partial charge in [0.1, 0.15) is 0 Å². The minimum atomic E-state index is 0.640. The van der Waals surface area contributed by atoms with Crippen molar-refractivity contribution in [2.75, 3.05) is 25.0 Å². The van der Waals surface area contributed by atoms with Crippen LogP contribution in [0.4, 0.5) is 5.95 Å². The fourth-order valence-electron chi connectivity index (χ4n) is 2.98. The predicted octanol–water partition coefficient (Wildman–Crippen LogP) is 2.53. The first-order chi connectivity index (χ1) is 10.1. The SMILES string of the molecule is CCc1nnc(NCC2CCCN(C(C)C)C2)nc1CC. The average molecular weight is 291 g/mol. The Hall–Kier alpha value is -1.23. The molecule has 1 saturated heterocycles. The Labute approximate surface area is 128 Å². The third-order valence-corrected chi connectivity index (χ3v) is 4.34. The Morgan fingerprint density at radius 2 is 1.95 bits per heavy atom. The van der Waals surface area contributed by atoms with Crippen molar-refractivity contribution in [3.63, 3.8) is 0 Å². The van der Waals surface area contributed by atoms with Crippen molar-refractivity contribution in [2.45, 2.75) is 59.4 Å². The molecule has 2 rings (SSSR count). The molecule has 0 aliphatic carbocycles. The molecule has 0 bridgehead atoms. The molecule has 0 aromatic carbocycles. The summed E-state index contributed by atoms with van der Waals surface area (Å²) < 4.78 is 0. The number of anilines is 1. The average Bonchev–Trinajstić information content (AvgIpc) is 2.52. The van der Waals surface area contributed by atoms with Crippen LogP contribution in [0.5, 0.6) is 0 Å². The lowest BCUT2D eigenvalue weighted by atomic mass is 9.97. The van der Waals surface area contributed by atoms with E-state index in [2.05, 4.69) is 53.1 Å². The molecule has 0 spiro atoms. The molecule has 1 aliphatic heterocycles. The van der Waals surface area contributed by atoms with E-state index in [-0.39, 0.29) is 0 Å². The van der Waals surface area contributed by atoms with E-state index >= 15 is 0 Å². The topological polar surface area (TPSA) is 53.9 Å². The smallest absolute Gasteiger partial charge is 0.242 e. The molecule has 5 nitrogen and oxygen atoms in total. The lowest BCUT2D eigenvalue weighted by Crippen LogP contribution is -2.41. The molecule has 1 aromatic heterocycles. The minimum absolute atomic E-state index is 0.640. The van der Waals surface area contributed by atoms with Gasteiger partial charge in [-0.25, -0.2) is 4.98 Å². The Bertz CT molecular complexity index is 446. The van der Waals surface area contributed by atoms with Gasteiger partial charge in [0.05, 0.1) is 11.4 Å². The summed E-state index contributed by atoms with van der Waals surface area (Å²) in [6.07, 6.45) is 4.39. The second kappa shape index (κ2) is 7.69. The van der Waals surface area contributed by atoms with Crippen molar-refractivity contribution in [3.05, 3.63) is 11.4 Å². The van der Waals surface area contributed by atoms with Gasteiger partial charge in [-0.05, 0) is 52.0 Å². The Kier molecular flexibility index (Phi) is 5.91. The maximum atomic E-state index is 4.60. The summed E-state index contributed by atoms with van der Waals surface area (Å²) in [5, 5.41) is 11.9. The zero-order valence-electron chi connectivity index (χ0n) is 13.9. The quantitative estimate of drug-likeness (QED) is 0.873. The van der Waals surface area contributed by atoms with Crippen LogP contribution in [-0.2, 0) is 12.8 Å². The molecular weight excluding hydrogens is 262 g/mol. The van der Waals surface area contributed by atoms with Crippen molar-refractivity contribution >= 4 is 5.95 Å². The Balaban J connectivity index is 1.90. The van der Waals surface area contributed by atoms with Crippen LogP contribution in [0.2, 0.25) is 0 Å². The number of aryl methyl sites for hydroxylation is 2. The van der Waals surface area contributed by atoms with Gasteiger partial charge in [-0.15, -0.1) is 5.10 Å². The molecule has 2 heterocycles. The molecule has 118 valence electrons. The first-order valence-electron chi connectivity index (χ1n) is 8.34. The summed E-state index contributed by atoms with van der Waals surface area (Å²) in [7, 11) is 0. The molecule has 1 aromatic rings. The predicted molar refractivity (Wildman–Crippen MR) is 86.5 cm³/mol. The Morgan fingerprint density at radius 3 is 2.62 bits per heavy atom. The standard InChI is InChI=1S/C16H29N5/c1-5-14-15(6-2)19-20-16(18-14)17-10-13-8-7-9-21(11-13)12(3)4/h12-13H,5-11H2,1-4H3,(H,17,18,20). The second-order valence-corrected chi connectivity index (χ2v) is 6.21. The number of nitrogens with zero attached hydrogens (tertiary/aromatic N) is 4. The van der Waals surface area contributed by atoms with Gasteiger partial charge in [0.15, 0.2) is 0 Å². The fraction of sp³-hybridized carbons (Fsp3) is 0.812. The molecule has 1 unspecified atom stereocenters. The number of nitrogens with one attached hydrogen (secondary N) is 1. The highest BCUT2D eigenvalue weighted by Gasteiger charge is 2.21. The zero-order valence-corrected chi connectivity index (χ0v) is 13.9. The van der Waals surface area contributed by atoms with Gasteiger partial charge in [-0.3, -0.25) is 0 Å². The highest BCUT2D eigenvalue weighted by Crippen LogP contribution is 2.18. The molecule has 5 heteroatoms. The summed E-state index contributed by atoms with van der Waals surface area (Å²) in [6.45, 7) is 12.1. The number of hydrogen-bond donors (Lipinski definition) is 1. The van der Waals surface area contributed by atoms with Crippen LogP contribution < -0.4 is 5.32 Å². The van der Waals surface area contributed by atoms with Crippen LogP contribution in [-0.4, -0.2) is 45.8 Å². The van der Waals surface area contributed by atoms with E-state index in [1.165, 1.54) is 25.9 Å². The van der Waals surface area contributed by atoms with Crippen molar-refractivity contribution in [3.8, 4) is 0 Å². The number of hydrogen-bond acceptors (Lipinski definition) is 5. The molecule has 0 radical (unpaired) electrons. The maximum Gasteiger partial charge on any atom is 0.242 e. The van der Waals surface area contributed by atoms with Crippen LogP contribution in [0.3, 0.4) is 0 Å². The third kappa shape index (κ3) is 4.37. The van der Waals surface area contributed by atoms with E-state index < -0.39 is 0 Å². The molecular formula is C16H29N5. The van der Waals surface area contributed by atoms with E-state index in [4.69, 9.17) is 0 Å². The monoisotopic (exact) mass is 291 g/mol. The van der Waals surface area contributed by atoms with E-state index in [9.17, 15) is 0 Å². The van der Waals surface area contributed by atoms with Crippen molar-refractivity contribution in [1.82, 2.24) is 20.1 Å².